The van der Waals surface area contributed by atoms with Crippen LogP contribution in [0.25, 0.3) is 0 Å². The second-order valence-corrected chi connectivity index (χ2v) is 4.98. The normalized spacial score (nSPS) is 14.6. The van der Waals surface area contributed by atoms with Gasteiger partial charge in [-0.3, -0.25) is 0 Å². The molecule has 0 aliphatic heterocycles. The van der Waals surface area contributed by atoms with Gasteiger partial charge in [0, 0.05) is 0 Å². The lowest BCUT2D eigenvalue weighted by molar-refractivity contribution is -0.153. The summed E-state index contributed by atoms with van der Waals surface area (Å²) in [6.45, 7) is 6.50. The van der Waals surface area contributed by atoms with E-state index in [1.165, 1.54) is 0 Å². The third-order valence-electron chi connectivity index (χ3n) is 1.36. The molecule has 0 aromatic rings. The summed E-state index contributed by atoms with van der Waals surface area (Å²) in [6.07, 6.45) is -0.755. The Labute approximate surface area is 104 Å². The molecule has 6 nitrogen and oxygen atoms in total. The van der Waals surface area contributed by atoms with Gasteiger partial charge in [0.1, 0.15) is 0 Å². The van der Waals surface area contributed by atoms with Crippen molar-refractivity contribution in [2.75, 3.05) is 0 Å². The summed E-state index contributed by atoms with van der Waals surface area (Å²) in [5, 5.41) is 18.7. The lowest BCUT2D eigenvalue weighted by Gasteiger charge is -2.16. The highest BCUT2D eigenvalue weighted by atomic mass is 32.2. The van der Waals surface area contributed by atoms with Crippen LogP contribution in [0, 0.1) is 0 Å². The summed E-state index contributed by atoms with van der Waals surface area (Å²) in [5.74, 6) is -1.80. The average molecular weight is 266 g/mol. The predicted molar refractivity (Wildman–Crippen MR) is 62.1 cm³/mol. The Morgan fingerprint density at radius 2 is 1.18 bits per heavy atom. The second kappa shape index (κ2) is 7.52. The number of carbonyl (C=O) groups is 2. The van der Waals surface area contributed by atoms with Crippen molar-refractivity contribution < 1.29 is 29.3 Å². The zero-order chi connectivity index (χ0) is 13.6. The van der Waals surface area contributed by atoms with Gasteiger partial charge >= 0.3 is 11.9 Å². The van der Waals surface area contributed by atoms with Crippen LogP contribution in [0.2, 0.25) is 0 Å². The van der Waals surface area contributed by atoms with Crippen LogP contribution in [0.3, 0.4) is 0 Å². The Hall–Kier alpha value is -0.790. The molecule has 0 saturated carbocycles. The molecule has 2 atom stereocenters. The molecule has 0 saturated heterocycles. The fourth-order valence-corrected chi connectivity index (χ4v) is 1.39. The molecule has 0 aromatic heterocycles. The minimum atomic E-state index is -1.62. The van der Waals surface area contributed by atoms with Gasteiger partial charge in [0.05, 0.1) is 12.2 Å². The van der Waals surface area contributed by atoms with E-state index in [0.29, 0.717) is 11.8 Å². The maximum absolute atomic E-state index is 11.2. The molecule has 7 heteroatoms. The number of ether oxygens (including phenoxy) is 2. The van der Waals surface area contributed by atoms with Crippen molar-refractivity contribution in [3.05, 3.63) is 0 Å². The molecule has 0 aromatic carbocycles. The Kier molecular flexibility index (Phi) is 7.17. The highest BCUT2D eigenvalue weighted by molar-refractivity contribution is 8.01. The van der Waals surface area contributed by atoms with Gasteiger partial charge in [-0.1, -0.05) is 11.8 Å². The molecular formula is C10H18O6S. The van der Waals surface area contributed by atoms with Gasteiger partial charge in [-0.2, -0.15) is 0 Å². The number of aliphatic hydroxyl groups excluding tert-OH is 2. The van der Waals surface area contributed by atoms with Crippen molar-refractivity contribution in [3.63, 3.8) is 0 Å². The fraction of sp³-hybridized carbons (Fsp3) is 0.800. The van der Waals surface area contributed by atoms with E-state index in [4.69, 9.17) is 9.47 Å². The average Bonchev–Trinajstić information content (AvgIpc) is 2.15. The smallest absolute Gasteiger partial charge is 0.345 e. The molecule has 0 fully saturated rings. The van der Waals surface area contributed by atoms with E-state index in [0.717, 1.165) is 0 Å². The van der Waals surface area contributed by atoms with Crippen LogP contribution in [0.1, 0.15) is 27.7 Å². The molecular weight excluding hydrogens is 248 g/mol. The van der Waals surface area contributed by atoms with Gasteiger partial charge in [0.25, 0.3) is 0 Å². The first kappa shape index (κ1) is 16.2. The highest BCUT2D eigenvalue weighted by Crippen LogP contribution is 2.17. The maximum Gasteiger partial charge on any atom is 0.345 e. The number of rotatable bonds is 6. The topological polar surface area (TPSA) is 93.1 Å². The third-order valence-corrected chi connectivity index (χ3v) is 2.27. The predicted octanol–water partition coefficient (Wildman–Crippen LogP) is 0.260. The van der Waals surface area contributed by atoms with Crippen LogP contribution >= 0.6 is 11.8 Å². The van der Waals surface area contributed by atoms with Crippen LogP contribution < -0.4 is 0 Å². The number of carbonyl (C=O) groups excluding carboxylic acids is 2. The number of esters is 2. The zero-order valence-corrected chi connectivity index (χ0v) is 11.1. The van der Waals surface area contributed by atoms with Crippen molar-refractivity contribution in [2.45, 2.75) is 50.8 Å². The van der Waals surface area contributed by atoms with E-state index in [2.05, 4.69) is 0 Å². The lowest BCUT2D eigenvalue weighted by atomic mass is 10.5. The summed E-state index contributed by atoms with van der Waals surface area (Å²) < 4.78 is 9.40. The summed E-state index contributed by atoms with van der Waals surface area (Å²) in [4.78, 5) is 22.4. The molecule has 0 aliphatic carbocycles. The van der Waals surface area contributed by atoms with Crippen molar-refractivity contribution in [1.29, 1.82) is 0 Å². The summed E-state index contributed by atoms with van der Waals surface area (Å²) in [6, 6.07) is 0. The van der Waals surface area contributed by atoms with Gasteiger partial charge in [-0.05, 0) is 27.7 Å². The van der Waals surface area contributed by atoms with Crippen molar-refractivity contribution in [2.24, 2.45) is 0 Å². The van der Waals surface area contributed by atoms with Crippen LogP contribution in [0.5, 0.6) is 0 Å². The quantitative estimate of drug-likeness (QED) is 0.526. The molecule has 0 unspecified atom stereocenters. The molecule has 0 aliphatic rings. The number of hydrogen-bond donors (Lipinski definition) is 2. The highest BCUT2D eigenvalue weighted by Gasteiger charge is 2.27. The molecule has 17 heavy (non-hydrogen) atoms. The Morgan fingerprint density at radius 1 is 0.882 bits per heavy atom. The molecule has 0 bridgehead atoms. The Morgan fingerprint density at radius 3 is 1.41 bits per heavy atom. The van der Waals surface area contributed by atoms with Crippen molar-refractivity contribution in [1.82, 2.24) is 0 Å². The minimum absolute atomic E-state index is 0.362. The monoisotopic (exact) mass is 266 g/mol. The summed E-state index contributed by atoms with van der Waals surface area (Å²) in [5.41, 5.74) is -3.24. The van der Waals surface area contributed by atoms with Gasteiger partial charge in [0.15, 0.2) is 0 Å². The number of hydrogen-bond acceptors (Lipinski definition) is 7. The van der Waals surface area contributed by atoms with Crippen LogP contribution in [-0.2, 0) is 19.1 Å². The standard InChI is InChI=1S/C10H18O6S/c1-5(2)15-7(11)9(13)17-10(14)8(12)16-6(3)4/h5-6,9-10,13-14H,1-4H3/t9-,10-/m1/s1. The fourth-order valence-electron chi connectivity index (χ4n) is 0.814. The molecule has 0 rings (SSSR count). The van der Waals surface area contributed by atoms with Gasteiger partial charge in [0.2, 0.25) is 10.9 Å². The van der Waals surface area contributed by atoms with Crippen molar-refractivity contribution >= 4 is 23.7 Å². The van der Waals surface area contributed by atoms with E-state index < -0.39 is 22.8 Å². The molecule has 2 N–H and O–H groups in total. The van der Waals surface area contributed by atoms with Crippen LogP contribution in [-0.4, -0.2) is 45.2 Å². The second-order valence-electron chi connectivity index (χ2n) is 3.81. The van der Waals surface area contributed by atoms with E-state index in [9.17, 15) is 19.8 Å². The van der Waals surface area contributed by atoms with E-state index >= 15 is 0 Å². The third kappa shape index (κ3) is 7.19. The lowest BCUT2D eigenvalue weighted by Crippen LogP contribution is -2.30. The SMILES string of the molecule is CC(C)OC(=O)[C@H](O)S[C@@H](O)C(=O)OC(C)C. The van der Waals surface area contributed by atoms with Crippen LogP contribution in [0.4, 0.5) is 0 Å². The van der Waals surface area contributed by atoms with Crippen molar-refractivity contribution in [3.8, 4) is 0 Å². The molecule has 0 radical (unpaired) electrons. The molecule has 0 heterocycles. The first-order valence-corrected chi connectivity index (χ1v) is 6.11. The molecule has 0 amide bonds. The summed E-state index contributed by atoms with van der Waals surface area (Å²) in [7, 11) is 0. The summed E-state index contributed by atoms with van der Waals surface area (Å²) >= 11 is 0.362. The largest absolute Gasteiger partial charge is 0.460 e. The minimum Gasteiger partial charge on any atom is -0.460 e. The Bertz CT molecular complexity index is 240. The molecule has 0 spiro atoms. The number of aliphatic hydroxyl groups is 2. The van der Waals surface area contributed by atoms with Gasteiger partial charge < -0.3 is 19.7 Å². The van der Waals surface area contributed by atoms with E-state index in [-0.39, 0.29) is 12.2 Å². The maximum atomic E-state index is 11.2. The molecule has 100 valence electrons. The van der Waals surface area contributed by atoms with Gasteiger partial charge in [-0.25, -0.2) is 9.59 Å². The first-order chi connectivity index (χ1) is 7.73. The zero-order valence-electron chi connectivity index (χ0n) is 10.2. The van der Waals surface area contributed by atoms with Gasteiger partial charge in [-0.15, -0.1) is 0 Å². The number of thioether (sulfide) groups is 1. The first-order valence-electron chi connectivity index (χ1n) is 5.16. The Balaban J connectivity index is 4.14. The van der Waals surface area contributed by atoms with E-state index in [1.54, 1.807) is 27.7 Å². The van der Waals surface area contributed by atoms with Crippen LogP contribution in [0.15, 0.2) is 0 Å². The van der Waals surface area contributed by atoms with E-state index in [1.807, 2.05) is 0 Å².